The highest BCUT2D eigenvalue weighted by Crippen LogP contribution is 2.52. The van der Waals surface area contributed by atoms with E-state index in [1.807, 2.05) is 20.8 Å². The van der Waals surface area contributed by atoms with Gasteiger partial charge in [-0.15, -0.1) is 0 Å². The molecule has 3 unspecified atom stereocenters. The number of benzene rings is 1. The van der Waals surface area contributed by atoms with Crippen LogP contribution in [-0.2, 0) is 11.2 Å². The number of nitrogens with two attached hydrogens (primary N) is 1. The van der Waals surface area contributed by atoms with E-state index in [-0.39, 0.29) is 23.8 Å². The molecule has 1 amide bonds. The van der Waals surface area contributed by atoms with Gasteiger partial charge in [-0.1, -0.05) is 13.0 Å². The van der Waals surface area contributed by atoms with Crippen LogP contribution in [0.4, 0.5) is 15.0 Å². The molecule has 2 fully saturated rings. The number of ether oxygens (including phenoxy) is 1. The van der Waals surface area contributed by atoms with Crippen LogP contribution in [0.15, 0.2) is 35.3 Å². The average molecular weight is 472 g/mol. The molecule has 1 aliphatic carbocycles. The quantitative estimate of drug-likeness (QED) is 0.644. The summed E-state index contributed by atoms with van der Waals surface area (Å²) in [6.45, 7) is 10.3. The summed E-state index contributed by atoms with van der Waals surface area (Å²) < 4.78 is 21.5. The standard InChI is InChI=1S/C25H34FN5O3/c1-5-16(30-13-19-18(20(19)14-30)12-28-24(33)34-25(2,3)4)10-15-6-7-17(11-21(15)26)31-9-8-22(27)29-23(31)32/h6-9,11,16,18-20H,5,10,12-14H2,1-4H3,(H,28,33)(H2,27,29,32). The lowest BCUT2D eigenvalue weighted by Gasteiger charge is -2.29. The van der Waals surface area contributed by atoms with E-state index in [1.54, 1.807) is 12.1 Å². The zero-order valence-electron chi connectivity index (χ0n) is 20.3. The number of piperidine rings is 1. The maximum absolute atomic E-state index is 14.9. The summed E-state index contributed by atoms with van der Waals surface area (Å²) in [5.41, 5.74) is 5.56. The summed E-state index contributed by atoms with van der Waals surface area (Å²) >= 11 is 0. The van der Waals surface area contributed by atoms with E-state index >= 15 is 0 Å². The van der Waals surface area contributed by atoms with Crippen molar-refractivity contribution < 1.29 is 13.9 Å². The minimum Gasteiger partial charge on any atom is -0.444 e. The predicted octanol–water partition coefficient (Wildman–Crippen LogP) is 2.98. The van der Waals surface area contributed by atoms with Crippen molar-refractivity contribution in [3.05, 3.63) is 52.3 Å². The van der Waals surface area contributed by atoms with Gasteiger partial charge in [0, 0.05) is 31.9 Å². The van der Waals surface area contributed by atoms with Crippen molar-refractivity contribution in [1.29, 1.82) is 0 Å². The number of nitrogens with zero attached hydrogens (tertiary/aromatic N) is 3. The molecule has 0 radical (unpaired) electrons. The number of aromatic nitrogens is 2. The van der Waals surface area contributed by atoms with Crippen molar-refractivity contribution in [3.8, 4) is 5.69 Å². The Morgan fingerprint density at radius 1 is 1.29 bits per heavy atom. The van der Waals surface area contributed by atoms with Crippen molar-refractivity contribution in [1.82, 2.24) is 19.8 Å². The number of likely N-dealkylation sites (tertiary alicyclic amines) is 1. The summed E-state index contributed by atoms with van der Waals surface area (Å²) in [5.74, 6) is 1.44. The lowest BCUT2D eigenvalue weighted by Crippen LogP contribution is -2.39. The Hall–Kier alpha value is -2.94. The number of carbonyl (C=O) groups is 1. The molecule has 184 valence electrons. The third-order valence-electron chi connectivity index (χ3n) is 6.86. The van der Waals surface area contributed by atoms with Crippen LogP contribution >= 0.6 is 0 Å². The van der Waals surface area contributed by atoms with E-state index < -0.39 is 11.3 Å². The van der Waals surface area contributed by atoms with E-state index in [2.05, 4.69) is 22.1 Å². The van der Waals surface area contributed by atoms with Crippen LogP contribution in [0, 0.1) is 23.6 Å². The van der Waals surface area contributed by atoms with Crippen LogP contribution in [0.1, 0.15) is 39.7 Å². The highest BCUT2D eigenvalue weighted by Gasteiger charge is 2.56. The fraction of sp³-hybridized carbons (Fsp3) is 0.560. The van der Waals surface area contributed by atoms with Gasteiger partial charge in [0.05, 0.1) is 5.69 Å². The Morgan fingerprint density at radius 2 is 2.00 bits per heavy atom. The van der Waals surface area contributed by atoms with Gasteiger partial charge in [-0.3, -0.25) is 9.47 Å². The second-order valence-electron chi connectivity index (χ2n) is 10.4. The maximum Gasteiger partial charge on any atom is 0.407 e. The van der Waals surface area contributed by atoms with Crippen LogP contribution in [0.3, 0.4) is 0 Å². The van der Waals surface area contributed by atoms with E-state index in [4.69, 9.17) is 10.5 Å². The third-order valence-corrected chi connectivity index (χ3v) is 6.86. The predicted molar refractivity (Wildman–Crippen MR) is 128 cm³/mol. The van der Waals surface area contributed by atoms with Crippen LogP contribution in [-0.4, -0.2) is 51.8 Å². The molecule has 4 rings (SSSR count). The molecular weight excluding hydrogens is 437 g/mol. The minimum atomic E-state index is -0.536. The Balaban J connectivity index is 1.32. The van der Waals surface area contributed by atoms with Gasteiger partial charge >= 0.3 is 11.8 Å². The molecule has 1 aromatic heterocycles. The van der Waals surface area contributed by atoms with Gasteiger partial charge in [-0.05, 0) is 75.1 Å². The first-order valence-electron chi connectivity index (χ1n) is 11.9. The third kappa shape index (κ3) is 5.41. The summed E-state index contributed by atoms with van der Waals surface area (Å²) in [7, 11) is 0. The number of rotatable bonds is 7. The first kappa shape index (κ1) is 24.2. The second-order valence-corrected chi connectivity index (χ2v) is 10.4. The van der Waals surface area contributed by atoms with E-state index in [1.165, 1.54) is 22.9 Å². The number of anilines is 1. The van der Waals surface area contributed by atoms with Crippen molar-refractivity contribution in [2.24, 2.45) is 17.8 Å². The summed E-state index contributed by atoms with van der Waals surface area (Å²) in [6.07, 6.45) is 2.66. The Kier molecular flexibility index (Phi) is 6.66. The topological polar surface area (TPSA) is 102 Å². The Bertz CT molecular complexity index is 1100. The largest absolute Gasteiger partial charge is 0.444 e. The number of alkyl carbamates (subject to hydrolysis) is 1. The van der Waals surface area contributed by atoms with Gasteiger partial charge in [-0.25, -0.2) is 14.0 Å². The molecule has 9 heteroatoms. The van der Waals surface area contributed by atoms with Crippen molar-refractivity contribution >= 4 is 11.9 Å². The average Bonchev–Trinajstić information content (AvgIpc) is 3.19. The zero-order chi connectivity index (χ0) is 24.6. The van der Waals surface area contributed by atoms with Gasteiger partial charge in [0.2, 0.25) is 0 Å². The van der Waals surface area contributed by atoms with Gasteiger partial charge < -0.3 is 15.8 Å². The highest BCUT2D eigenvalue weighted by atomic mass is 19.1. The Morgan fingerprint density at radius 3 is 2.59 bits per heavy atom. The van der Waals surface area contributed by atoms with Crippen LogP contribution in [0.25, 0.3) is 5.69 Å². The molecule has 3 N–H and O–H groups in total. The number of carbonyl (C=O) groups excluding carboxylic acids is 1. The van der Waals surface area contributed by atoms with Crippen molar-refractivity contribution in [3.63, 3.8) is 0 Å². The first-order chi connectivity index (χ1) is 16.1. The number of hydrogen-bond acceptors (Lipinski definition) is 6. The Labute approximate surface area is 199 Å². The molecule has 1 aliphatic heterocycles. The number of nitrogens with one attached hydrogen (secondary N) is 1. The van der Waals surface area contributed by atoms with Gasteiger partial charge in [0.25, 0.3) is 0 Å². The fourth-order valence-electron chi connectivity index (χ4n) is 5.05. The zero-order valence-corrected chi connectivity index (χ0v) is 20.3. The molecule has 8 nitrogen and oxygen atoms in total. The molecular formula is C25H34FN5O3. The van der Waals surface area contributed by atoms with Crippen LogP contribution in [0.2, 0.25) is 0 Å². The molecule has 0 spiro atoms. The van der Waals surface area contributed by atoms with Gasteiger partial charge in [0.1, 0.15) is 17.2 Å². The van der Waals surface area contributed by atoms with Crippen molar-refractivity contribution in [2.45, 2.75) is 52.2 Å². The number of halogens is 1. The van der Waals surface area contributed by atoms with E-state index in [9.17, 15) is 14.0 Å². The molecule has 2 aliphatic rings. The molecule has 1 saturated carbocycles. The first-order valence-corrected chi connectivity index (χ1v) is 11.9. The molecule has 2 aromatic rings. The molecule has 3 atom stereocenters. The molecule has 1 saturated heterocycles. The monoisotopic (exact) mass is 471 g/mol. The minimum absolute atomic E-state index is 0.135. The lowest BCUT2D eigenvalue weighted by molar-refractivity contribution is 0.0521. The van der Waals surface area contributed by atoms with Crippen molar-refractivity contribution in [2.75, 3.05) is 25.4 Å². The number of fused-ring (bicyclic) bond motifs is 1. The summed E-state index contributed by atoms with van der Waals surface area (Å²) in [4.78, 5) is 30.1. The van der Waals surface area contributed by atoms with E-state index in [0.29, 0.717) is 42.0 Å². The summed E-state index contributed by atoms with van der Waals surface area (Å²) in [6, 6.07) is 6.62. The van der Waals surface area contributed by atoms with Crippen LogP contribution in [0.5, 0.6) is 0 Å². The molecule has 1 aromatic carbocycles. The smallest absolute Gasteiger partial charge is 0.407 e. The highest BCUT2D eigenvalue weighted by molar-refractivity contribution is 5.67. The number of hydrogen-bond donors (Lipinski definition) is 2. The number of amides is 1. The number of nitrogen functional groups attached to an aromatic ring is 1. The van der Waals surface area contributed by atoms with Gasteiger partial charge in [0.15, 0.2) is 0 Å². The summed E-state index contributed by atoms with van der Waals surface area (Å²) in [5, 5.41) is 2.90. The van der Waals surface area contributed by atoms with E-state index in [0.717, 1.165) is 19.5 Å². The fourth-order valence-corrected chi connectivity index (χ4v) is 5.05. The molecule has 2 heterocycles. The lowest BCUT2D eigenvalue weighted by atomic mass is 10.0. The maximum atomic E-state index is 14.9. The van der Waals surface area contributed by atoms with Crippen LogP contribution < -0.4 is 16.7 Å². The molecule has 0 bridgehead atoms. The second kappa shape index (κ2) is 9.37. The SMILES string of the molecule is CCC(Cc1ccc(-n2ccc(N)nc2=O)cc1F)N1CC2C(CNC(=O)OC(C)(C)C)C2C1. The normalized spacial score (nSPS) is 22.8. The molecule has 34 heavy (non-hydrogen) atoms. The van der Waals surface area contributed by atoms with Gasteiger partial charge in [-0.2, -0.15) is 4.98 Å².